The summed E-state index contributed by atoms with van der Waals surface area (Å²) in [7, 11) is 0. The molecule has 0 spiro atoms. The molecule has 2 aromatic carbocycles. The molecule has 41 heavy (non-hydrogen) atoms. The van der Waals surface area contributed by atoms with E-state index >= 15 is 4.39 Å². The molecule has 4 N–H and O–H groups in total. The molecule has 1 aliphatic carbocycles. The maximum Gasteiger partial charge on any atom is 0.410 e. The van der Waals surface area contributed by atoms with Crippen molar-refractivity contribution in [1.29, 1.82) is 0 Å². The number of nitrogens with zero attached hydrogens (tertiary/aromatic N) is 4. The highest BCUT2D eigenvalue weighted by Crippen LogP contribution is 2.47. The van der Waals surface area contributed by atoms with Gasteiger partial charge in [0.2, 0.25) is 0 Å². The number of carbonyl (C=O) groups excluding carboxylic acids is 2. The lowest BCUT2D eigenvalue weighted by atomic mass is 9.93. The predicted octanol–water partition coefficient (Wildman–Crippen LogP) is 4.12. The number of hydrogen-bond donors (Lipinski definition) is 3. The molecule has 1 saturated heterocycles. The van der Waals surface area contributed by atoms with Gasteiger partial charge in [-0.25, -0.2) is 19.2 Å². The van der Waals surface area contributed by atoms with Gasteiger partial charge in [-0.05, 0) is 76.8 Å². The number of amidine groups is 1. The highest BCUT2D eigenvalue weighted by atomic mass is 19.1. The lowest BCUT2D eigenvalue weighted by molar-refractivity contribution is -0.0120. The molecule has 11 heteroatoms. The first-order chi connectivity index (χ1) is 19.4. The predicted molar refractivity (Wildman–Crippen MR) is 154 cm³/mol. The van der Waals surface area contributed by atoms with Gasteiger partial charge < -0.3 is 26.1 Å². The van der Waals surface area contributed by atoms with E-state index < -0.39 is 23.0 Å². The molecule has 3 heterocycles. The van der Waals surface area contributed by atoms with Crippen LogP contribution in [0.2, 0.25) is 0 Å². The Labute approximate surface area is 238 Å². The van der Waals surface area contributed by atoms with Gasteiger partial charge in [0.1, 0.15) is 23.6 Å². The Balaban J connectivity index is 1.30. The van der Waals surface area contributed by atoms with Gasteiger partial charge in [-0.3, -0.25) is 4.79 Å². The summed E-state index contributed by atoms with van der Waals surface area (Å²) in [6.07, 6.45) is 2.76. The topological polar surface area (TPSA) is 125 Å². The number of nitrogens with two attached hydrogens (primary N) is 1. The summed E-state index contributed by atoms with van der Waals surface area (Å²) in [4.78, 5) is 36.6. The number of anilines is 1. The molecule has 1 saturated carbocycles. The molecular formula is C30H34FN7O3. The number of hydrogen-bond acceptors (Lipinski definition) is 8. The number of carbonyl (C=O) groups is 2. The Bertz CT molecular complexity index is 1500. The summed E-state index contributed by atoms with van der Waals surface area (Å²) in [5.41, 5.74) is 10.2. The van der Waals surface area contributed by atoms with Gasteiger partial charge >= 0.3 is 6.09 Å². The van der Waals surface area contributed by atoms with Crippen molar-refractivity contribution in [2.75, 3.05) is 11.9 Å². The molecule has 3 aliphatic heterocycles. The molecule has 0 aromatic heterocycles. The fraction of sp³-hybridized carbons (Fsp3) is 0.400. The van der Waals surface area contributed by atoms with Crippen molar-refractivity contribution in [2.24, 2.45) is 21.6 Å². The smallest absolute Gasteiger partial charge is 0.410 e. The maximum atomic E-state index is 15.7. The van der Waals surface area contributed by atoms with Crippen LogP contribution in [-0.4, -0.2) is 64.0 Å². The normalized spacial score (nSPS) is 27.0. The van der Waals surface area contributed by atoms with E-state index in [2.05, 4.69) is 15.7 Å². The number of para-hydroxylation sites is 1. The number of fused-ring (bicyclic) bond motifs is 3. The standard InChI is InChI=1S/C30H34FN7O3/c1-29(2,3)41-28(40)37-15-17-12-22(37)23(13-17)38-30(4)24(26(32)33-16-34-30)25(36-38)20-11-10-18(14-21(20)31)27(39)35-19-8-6-5-7-9-19/h5-11,14,16-17,22-23,36H,12-13,15H2,1-4H3,(H,35,39)(H2,32,33,34). The Morgan fingerprint density at radius 1 is 1.15 bits per heavy atom. The number of aliphatic imine (C=N–C) groups is 2. The van der Waals surface area contributed by atoms with E-state index in [4.69, 9.17) is 15.5 Å². The molecule has 4 atom stereocenters. The largest absolute Gasteiger partial charge is 0.444 e. The number of rotatable bonds is 4. The Kier molecular flexibility index (Phi) is 6.37. The van der Waals surface area contributed by atoms with E-state index in [0.717, 1.165) is 12.8 Å². The molecule has 2 fully saturated rings. The lowest BCUT2D eigenvalue weighted by Crippen LogP contribution is -2.61. The summed E-state index contributed by atoms with van der Waals surface area (Å²) < 4.78 is 21.4. The van der Waals surface area contributed by atoms with Crippen molar-refractivity contribution in [3.05, 3.63) is 71.0 Å². The Hall–Kier alpha value is -4.25. The minimum absolute atomic E-state index is 0.107. The van der Waals surface area contributed by atoms with Crippen LogP contribution in [-0.2, 0) is 4.74 Å². The molecule has 214 valence electrons. The van der Waals surface area contributed by atoms with Gasteiger partial charge in [0.05, 0.1) is 23.4 Å². The van der Waals surface area contributed by atoms with Gasteiger partial charge in [0, 0.05) is 23.4 Å². The number of benzene rings is 2. The van der Waals surface area contributed by atoms with Crippen LogP contribution in [0, 0.1) is 11.7 Å². The lowest BCUT2D eigenvalue weighted by Gasteiger charge is -2.44. The third-order valence-corrected chi connectivity index (χ3v) is 8.13. The van der Waals surface area contributed by atoms with Crippen LogP contribution in [0.3, 0.4) is 0 Å². The second-order valence-electron chi connectivity index (χ2n) is 12.1. The number of nitrogens with one attached hydrogen (secondary N) is 2. The zero-order valence-electron chi connectivity index (χ0n) is 23.5. The average molecular weight is 560 g/mol. The van der Waals surface area contributed by atoms with Gasteiger partial charge in [-0.15, -0.1) is 0 Å². The molecule has 2 amide bonds. The van der Waals surface area contributed by atoms with Crippen molar-refractivity contribution in [3.63, 3.8) is 0 Å². The molecule has 2 bridgehead atoms. The third-order valence-electron chi connectivity index (χ3n) is 8.13. The molecule has 4 aliphatic rings. The first-order valence-corrected chi connectivity index (χ1v) is 13.8. The van der Waals surface area contributed by atoms with Gasteiger partial charge in [0.25, 0.3) is 5.91 Å². The third kappa shape index (κ3) is 4.73. The average Bonchev–Trinajstić information content (AvgIpc) is 3.60. The van der Waals surface area contributed by atoms with Crippen molar-refractivity contribution in [2.45, 2.75) is 63.9 Å². The van der Waals surface area contributed by atoms with E-state index in [9.17, 15) is 9.59 Å². The highest BCUT2D eigenvalue weighted by molar-refractivity contribution is 6.11. The fourth-order valence-electron chi connectivity index (χ4n) is 6.39. The number of piperidine rings is 1. The monoisotopic (exact) mass is 559 g/mol. The van der Waals surface area contributed by atoms with Gasteiger partial charge in [-0.2, -0.15) is 5.01 Å². The van der Waals surface area contributed by atoms with E-state index in [0.29, 0.717) is 29.4 Å². The molecular weight excluding hydrogens is 525 g/mol. The first-order valence-electron chi connectivity index (χ1n) is 13.8. The molecule has 6 rings (SSSR count). The molecule has 10 nitrogen and oxygen atoms in total. The van der Waals surface area contributed by atoms with Crippen molar-refractivity contribution in [1.82, 2.24) is 15.3 Å². The Morgan fingerprint density at radius 3 is 2.56 bits per heavy atom. The summed E-state index contributed by atoms with van der Waals surface area (Å²) in [5.74, 6) is -0.466. The van der Waals surface area contributed by atoms with Crippen molar-refractivity contribution >= 4 is 35.6 Å². The second kappa shape index (κ2) is 9.69. The second-order valence-corrected chi connectivity index (χ2v) is 12.1. The van der Waals surface area contributed by atoms with Crippen molar-refractivity contribution in [3.8, 4) is 0 Å². The van der Waals surface area contributed by atoms with Gasteiger partial charge in [-0.1, -0.05) is 18.2 Å². The minimum Gasteiger partial charge on any atom is -0.444 e. The molecule has 0 radical (unpaired) electrons. The zero-order chi connectivity index (χ0) is 29.1. The highest BCUT2D eigenvalue weighted by Gasteiger charge is 2.57. The fourth-order valence-corrected chi connectivity index (χ4v) is 6.39. The molecule has 4 unspecified atom stereocenters. The van der Waals surface area contributed by atoms with Crippen LogP contribution in [0.5, 0.6) is 0 Å². The first kappa shape index (κ1) is 26.9. The summed E-state index contributed by atoms with van der Waals surface area (Å²) in [5, 5.41) is 4.76. The van der Waals surface area contributed by atoms with E-state index in [1.807, 2.05) is 50.9 Å². The van der Waals surface area contributed by atoms with Gasteiger partial charge in [0.15, 0.2) is 5.66 Å². The summed E-state index contributed by atoms with van der Waals surface area (Å²) in [6, 6.07) is 13.1. The van der Waals surface area contributed by atoms with E-state index in [1.54, 1.807) is 29.2 Å². The summed E-state index contributed by atoms with van der Waals surface area (Å²) in [6.45, 7) is 8.11. The number of amides is 2. The quantitative estimate of drug-likeness (QED) is 0.518. The van der Waals surface area contributed by atoms with Crippen molar-refractivity contribution < 1.29 is 18.7 Å². The zero-order valence-corrected chi connectivity index (χ0v) is 23.5. The van der Waals surface area contributed by atoms with Crippen LogP contribution in [0.25, 0.3) is 5.70 Å². The van der Waals surface area contributed by atoms with Crippen LogP contribution in [0.1, 0.15) is 56.5 Å². The van der Waals surface area contributed by atoms with E-state index in [-0.39, 0.29) is 35.1 Å². The Morgan fingerprint density at radius 2 is 1.88 bits per heavy atom. The number of hydrazine groups is 1. The van der Waals surface area contributed by atoms with Crippen LogP contribution in [0.15, 0.2) is 64.1 Å². The summed E-state index contributed by atoms with van der Waals surface area (Å²) >= 11 is 0. The SMILES string of the molecule is CC(C)(C)OC(=O)N1CC2CC1C(N1NC(c3ccc(C(=O)Nc4ccccc4)cc3F)=C3C(N)=NC=NC31C)C2. The maximum absolute atomic E-state index is 15.7. The molecule has 2 aromatic rings. The number of halogens is 1. The number of likely N-dealkylation sites (tertiary alicyclic amines) is 1. The van der Waals surface area contributed by atoms with Crippen LogP contribution in [0.4, 0.5) is 14.9 Å². The van der Waals surface area contributed by atoms with Crippen LogP contribution < -0.4 is 16.5 Å². The minimum atomic E-state index is -0.980. The van der Waals surface area contributed by atoms with E-state index in [1.165, 1.54) is 12.4 Å². The number of ether oxygens (including phenoxy) is 1. The van der Waals surface area contributed by atoms with Crippen LogP contribution >= 0.6 is 0 Å².